The SMILES string of the molecule is CC(=O)OC(C(=O)C=Cc1c(-c2ccccc2)nn2ccccc12)N1CCCCC1. The van der Waals surface area contributed by atoms with Gasteiger partial charge in [0.25, 0.3) is 0 Å². The summed E-state index contributed by atoms with van der Waals surface area (Å²) in [5, 5.41) is 4.70. The molecular formula is C24H25N3O3. The van der Waals surface area contributed by atoms with Crippen LogP contribution >= 0.6 is 0 Å². The predicted molar refractivity (Wildman–Crippen MR) is 116 cm³/mol. The zero-order chi connectivity index (χ0) is 20.9. The average molecular weight is 403 g/mol. The van der Waals surface area contributed by atoms with Crippen LogP contribution < -0.4 is 0 Å². The third kappa shape index (κ3) is 4.33. The summed E-state index contributed by atoms with van der Waals surface area (Å²) in [5.74, 6) is -0.685. The maximum Gasteiger partial charge on any atom is 0.304 e. The van der Waals surface area contributed by atoms with Gasteiger partial charge in [-0.25, -0.2) is 4.52 Å². The summed E-state index contributed by atoms with van der Waals surface area (Å²) in [6.45, 7) is 2.85. The molecule has 1 unspecified atom stereocenters. The largest absolute Gasteiger partial charge is 0.439 e. The van der Waals surface area contributed by atoms with Gasteiger partial charge in [-0.2, -0.15) is 5.10 Å². The van der Waals surface area contributed by atoms with Crippen LogP contribution in [0.25, 0.3) is 22.9 Å². The number of benzene rings is 1. The number of ketones is 1. The maximum absolute atomic E-state index is 13.0. The average Bonchev–Trinajstić information content (AvgIpc) is 3.15. The zero-order valence-electron chi connectivity index (χ0n) is 17.0. The van der Waals surface area contributed by atoms with E-state index in [1.165, 1.54) is 13.0 Å². The normalized spacial score (nSPS) is 16.0. The molecule has 1 fully saturated rings. The van der Waals surface area contributed by atoms with E-state index < -0.39 is 12.2 Å². The topological polar surface area (TPSA) is 63.9 Å². The second-order valence-corrected chi connectivity index (χ2v) is 7.45. The molecule has 154 valence electrons. The molecule has 1 aliphatic heterocycles. The van der Waals surface area contributed by atoms with Crippen LogP contribution in [0.5, 0.6) is 0 Å². The Kier molecular flexibility index (Phi) is 6.05. The lowest BCUT2D eigenvalue weighted by Gasteiger charge is -2.32. The van der Waals surface area contributed by atoms with Gasteiger partial charge in [0.1, 0.15) is 5.69 Å². The van der Waals surface area contributed by atoms with Gasteiger partial charge in [0.2, 0.25) is 12.0 Å². The van der Waals surface area contributed by atoms with Crippen molar-refractivity contribution in [3.05, 3.63) is 66.4 Å². The Morgan fingerprint density at radius 1 is 1.03 bits per heavy atom. The Bertz CT molecular complexity index is 1070. The molecule has 3 heterocycles. The smallest absolute Gasteiger partial charge is 0.304 e. The van der Waals surface area contributed by atoms with Gasteiger partial charge in [-0.05, 0) is 37.1 Å². The number of esters is 1. The van der Waals surface area contributed by atoms with Crippen molar-refractivity contribution in [2.45, 2.75) is 32.4 Å². The van der Waals surface area contributed by atoms with E-state index in [1.807, 2.05) is 59.6 Å². The van der Waals surface area contributed by atoms with E-state index in [9.17, 15) is 9.59 Å². The molecule has 1 aromatic carbocycles. The molecule has 0 saturated carbocycles. The van der Waals surface area contributed by atoms with Crippen LogP contribution in [0.4, 0.5) is 0 Å². The van der Waals surface area contributed by atoms with Crippen molar-refractivity contribution in [3.8, 4) is 11.3 Å². The molecule has 6 nitrogen and oxygen atoms in total. The summed E-state index contributed by atoms with van der Waals surface area (Å²) in [6, 6.07) is 15.7. The van der Waals surface area contributed by atoms with Gasteiger partial charge >= 0.3 is 5.97 Å². The molecule has 1 saturated heterocycles. The predicted octanol–water partition coefficient (Wildman–Crippen LogP) is 3.96. The summed E-state index contributed by atoms with van der Waals surface area (Å²) < 4.78 is 7.20. The minimum Gasteiger partial charge on any atom is -0.439 e. The number of piperidine rings is 1. The fraction of sp³-hybridized carbons (Fsp3) is 0.292. The van der Waals surface area contributed by atoms with Gasteiger partial charge in [-0.1, -0.05) is 42.8 Å². The van der Waals surface area contributed by atoms with E-state index in [4.69, 9.17) is 9.84 Å². The number of hydrogen-bond donors (Lipinski definition) is 0. The Morgan fingerprint density at radius 2 is 1.77 bits per heavy atom. The molecule has 0 bridgehead atoms. The lowest BCUT2D eigenvalue weighted by Crippen LogP contribution is -2.46. The number of rotatable bonds is 6. The van der Waals surface area contributed by atoms with Gasteiger partial charge in [-0.3, -0.25) is 14.5 Å². The first kappa shape index (κ1) is 20.0. The van der Waals surface area contributed by atoms with E-state index in [2.05, 4.69) is 0 Å². The first-order valence-electron chi connectivity index (χ1n) is 10.3. The van der Waals surface area contributed by atoms with Crippen LogP contribution in [0, 0.1) is 0 Å². The Hall–Kier alpha value is -3.25. The van der Waals surface area contributed by atoms with Crippen LogP contribution in [-0.4, -0.2) is 45.6 Å². The van der Waals surface area contributed by atoms with E-state index in [0.717, 1.165) is 54.7 Å². The van der Waals surface area contributed by atoms with E-state index in [0.29, 0.717) is 0 Å². The number of nitrogens with zero attached hydrogens (tertiary/aromatic N) is 3. The van der Waals surface area contributed by atoms with E-state index in [-0.39, 0.29) is 5.78 Å². The highest BCUT2D eigenvalue weighted by Crippen LogP contribution is 2.27. The summed E-state index contributed by atoms with van der Waals surface area (Å²) >= 11 is 0. The third-order valence-electron chi connectivity index (χ3n) is 5.28. The lowest BCUT2D eigenvalue weighted by atomic mass is 10.1. The van der Waals surface area contributed by atoms with Crippen LogP contribution in [0.3, 0.4) is 0 Å². The molecule has 4 rings (SSSR count). The van der Waals surface area contributed by atoms with Crippen molar-refractivity contribution < 1.29 is 14.3 Å². The Balaban J connectivity index is 1.68. The minimum atomic E-state index is -0.874. The van der Waals surface area contributed by atoms with E-state index in [1.54, 1.807) is 10.6 Å². The van der Waals surface area contributed by atoms with Crippen molar-refractivity contribution in [2.75, 3.05) is 13.1 Å². The molecule has 3 aromatic rings. The zero-order valence-corrected chi connectivity index (χ0v) is 17.0. The highest BCUT2D eigenvalue weighted by molar-refractivity contribution is 5.99. The number of carbonyl (C=O) groups is 2. The first-order chi connectivity index (χ1) is 14.6. The number of hydrogen-bond acceptors (Lipinski definition) is 5. The van der Waals surface area contributed by atoms with Crippen molar-refractivity contribution in [2.24, 2.45) is 0 Å². The standard InChI is InChI=1S/C24H25N3O3/c1-18(28)30-24(26-15-7-3-8-16-26)22(29)14-13-20-21-12-6-9-17-27(21)25-23(20)19-10-4-2-5-11-19/h2,4-6,9-14,17,24H,3,7-8,15-16H2,1H3. The molecule has 6 heteroatoms. The lowest BCUT2D eigenvalue weighted by molar-refractivity contribution is -0.163. The van der Waals surface area contributed by atoms with Gasteiger partial charge < -0.3 is 4.74 Å². The van der Waals surface area contributed by atoms with Crippen LogP contribution in [-0.2, 0) is 14.3 Å². The monoisotopic (exact) mass is 403 g/mol. The molecule has 2 aromatic heterocycles. The first-order valence-corrected chi connectivity index (χ1v) is 10.3. The fourth-order valence-electron chi connectivity index (χ4n) is 3.86. The van der Waals surface area contributed by atoms with Gasteiger partial charge in [0.15, 0.2) is 0 Å². The van der Waals surface area contributed by atoms with Crippen molar-refractivity contribution in [1.82, 2.24) is 14.5 Å². The number of ether oxygens (including phenoxy) is 1. The number of fused-ring (bicyclic) bond motifs is 1. The second kappa shape index (κ2) is 9.05. The van der Waals surface area contributed by atoms with Gasteiger partial charge in [0.05, 0.1) is 5.52 Å². The van der Waals surface area contributed by atoms with Gasteiger partial charge in [-0.15, -0.1) is 0 Å². The second-order valence-electron chi connectivity index (χ2n) is 7.45. The maximum atomic E-state index is 13.0. The van der Waals surface area contributed by atoms with Gasteiger partial charge in [0, 0.05) is 37.3 Å². The Morgan fingerprint density at radius 3 is 2.50 bits per heavy atom. The number of aromatic nitrogens is 2. The van der Waals surface area contributed by atoms with Crippen molar-refractivity contribution in [1.29, 1.82) is 0 Å². The molecule has 0 spiro atoms. The third-order valence-corrected chi connectivity index (χ3v) is 5.28. The molecule has 0 amide bonds. The molecule has 0 N–H and O–H groups in total. The van der Waals surface area contributed by atoms with Crippen molar-refractivity contribution >= 4 is 23.3 Å². The molecule has 1 aliphatic rings. The van der Waals surface area contributed by atoms with Crippen LogP contribution in [0.1, 0.15) is 31.7 Å². The Labute approximate surface area is 175 Å². The number of carbonyl (C=O) groups excluding carboxylic acids is 2. The highest BCUT2D eigenvalue weighted by Gasteiger charge is 2.28. The highest BCUT2D eigenvalue weighted by atomic mass is 16.6. The molecule has 30 heavy (non-hydrogen) atoms. The summed E-state index contributed by atoms with van der Waals surface area (Å²) in [5.41, 5.74) is 3.53. The van der Waals surface area contributed by atoms with E-state index >= 15 is 0 Å². The van der Waals surface area contributed by atoms with Crippen LogP contribution in [0.2, 0.25) is 0 Å². The molecular weight excluding hydrogens is 378 g/mol. The summed E-state index contributed by atoms with van der Waals surface area (Å²) in [6.07, 6.45) is 7.45. The number of likely N-dealkylation sites (tertiary alicyclic amines) is 1. The molecule has 0 radical (unpaired) electrons. The fourth-order valence-corrected chi connectivity index (χ4v) is 3.86. The quantitative estimate of drug-likeness (QED) is 0.460. The van der Waals surface area contributed by atoms with Crippen molar-refractivity contribution in [3.63, 3.8) is 0 Å². The number of pyridine rings is 1. The van der Waals surface area contributed by atoms with Crippen LogP contribution in [0.15, 0.2) is 60.8 Å². The summed E-state index contributed by atoms with van der Waals surface area (Å²) in [4.78, 5) is 26.6. The molecule has 1 atom stereocenters. The minimum absolute atomic E-state index is 0.235. The molecule has 0 aliphatic carbocycles. The summed E-state index contributed by atoms with van der Waals surface area (Å²) in [7, 11) is 0.